The predicted molar refractivity (Wildman–Crippen MR) is 48.0 cm³/mol. The molecule has 1 heterocycles. The van der Waals surface area contributed by atoms with Gasteiger partial charge in [-0.3, -0.25) is 4.99 Å². The van der Waals surface area contributed by atoms with Crippen molar-refractivity contribution in [2.75, 3.05) is 0 Å². The smallest absolute Gasteiger partial charge is 0.0590 e. The van der Waals surface area contributed by atoms with Crippen molar-refractivity contribution in [1.29, 1.82) is 0 Å². The van der Waals surface area contributed by atoms with Crippen molar-refractivity contribution in [3.8, 4) is 0 Å². The summed E-state index contributed by atoms with van der Waals surface area (Å²) in [4.78, 5) is 6.11. The largest absolute Gasteiger partial charge is 0.321 e. The molecule has 0 saturated carbocycles. The van der Waals surface area contributed by atoms with E-state index in [2.05, 4.69) is 11.6 Å². The Morgan fingerprint density at radius 3 is 2.91 bits per heavy atom. The highest BCUT2D eigenvalue weighted by molar-refractivity contribution is 5.80. The monoisotopic (exact) mass is 148 g/mol. The average Bonchev–Trinajstić information content (AvgIpc) is 2.04. The van der Waals surface area contributed by atoms with Crippen LogP contribution < -0.4 is 0 Å². The van der Waals surface area contributed by atoms with Gasteiger partial charge in [0, 0.05) is 12.4 Å². The molecular formula is C9H12N2. The van der Waals surface area contributed by atoms with E-state index >= 15 is 0 Å². The van der Waals surface area contributed by atoms with Crippen molar-refractivity contribution in [2.24, 2.45) is 4.99 Å². The molecule has 58 valence electrons. The first-order chi connectivity index (χ1) is 5.27. The lowest BCUT2D eigenvalue weighted by molar-refractivity contribution is 0.650. The zero-order chi connectivity index (χ0) is 8.27. The lowest BCUT2D eigenvalue weighted by Crippen LogP contribution is -2.13. The first-order valence-electron chi connectivity index (χ1n) is 3.57. The van der Waals surface area contributed by atoms with E-state index in [4.69, 9.17) is 0 Å². The zero-order valence-corrected chi connectivity index (χ0v) is 6.91. The molecule has 2 heteroatoms. The molecule has 1 rings (SSSR count). The van der Waals surface area contributed by atoms with Crippen LogP contribution in [-0.4, -0.2) is 11.1 Å². The minimum absolute atomic E-state index is 0.996. The summed E-state index contributed by atoms with van der Waals surface area (Å²) in [5.41, 5.74) is 2.06. The van der Waals surface area contributed by atoms with Crippen LogP contribution in [0.25, 0.3) is 0 Å². The van der Waals surface area contributed by atoms with Crippen LogP contribution in [0.4, 0.5) is 0 Å². The van der Waals surface area contributed by atoms with Gasteiger partial charge < -0.3 is 4.90 Å². The highest BCUT2D eigenvalue weighted by Gasteiger charge is 2.03. The van der Waals surface area contributed by atoms with Crippen LogP contribution in [-0.2, 0) is 0 Å². The predicted octanol–water partition coefficient (Wildman–Crippen LogP) is 2.28. The van der Waals surface area contributed by atoms with E-state index in [1.165, 1.54) is 0 Å². The summed E-state index contributed by atoms with van der Waals surface area (Å²) >= 11 is 0. The maximum absolute atomic E-state index is 4.16. The second kappa shape index (κ2) is 3.19. The molecule has 1 aliphatic rings. The molecule has 1 aliphatic heterocycles. The van der Waals surface area contributed by atoms with Crippen LogP contribution in [0.1, 0.15) is 13.8 Å². The SMILES string of the molecule is C=CN1C=C(C)N=C/C1=C/C. The van der Waals surface area contributed by atoms with Crippen LogP contribution in [0.2, 0.25) is 0 Å². The van der Waals surface area contributed by atoms with E-state index in [1.807, 2.05) is 37.2 Å². The summed E-state index contributed by atoms with van der Waals surface area (Å²) in [6, 6.07) is 0. The molecule has 0 aromatic carbocycles. The van der Waals surface area contributed by atoms with Gasteiger partial charge in [0.1, 0.15) is 0 Å². The van der Waals surface area contributed by atoms with E-state index < -0.39 is 0 Å². The Balaban J connectivity index is 2.92. The maximum Gasteiger partial charge on any atom is 0.0590 e. The van der Waals surface area contributed by atoms with Crippen molar-refractivity contribution in [3.05, 3.63) is 36.4 Å². The number of aliphatic imine (C=N–C) groups is 1. The fourth-order valence-corrected chi connectivity index (χ4v) is 0.925. The Morgan fingerprint density at radius 1 is 1.64 bits per heavy atom. The highest BCUT2D eigenvalue weighted by Crippen LogP contribution is 2.12. The van der Waals surface area contributed by atoms with Crippen molar-refractivity contribution in [1.82, 2.24) is 4.90 Å². The molecule has 0 aromatic rings. The molecule has 0 fully saturated rings. The first-order valence-corrected chi connectivity index (χ1v) is 3.57. The van der Waals surface area contributed by atoms with Crippen molar-refractivity contribution in [2.45, 2.75) is 13.8 Å². The molecule has 0 N–H and O–H groups in total. The topological polar surface area (TPSA) is 15.6 Å². The minimum Gasteiger partial charge on any atom is -0.321 e. The van der Waals surface area contributed by atoms with Crippen LogP contribution in [0.15, 0.2) is 41.4 Å². The van der Waals surface area contributed by atoms with E-state index in [9.17, 15) is 0 Å². The summed E-state index contributed by atoms with van der Waals surface area (Å²) in [5.74, 6) is 0. The second-order valence-corrected chi connectivity index (χ2v) is 2.33. The fraction of sp³-hybridized carbons (Fsp3) is 0.222. The summed E-state index contributed by atoms with van der Waals surface area (Å²) in [6.07, 6.45) is 7.54. The van der Waals surface area contributed by atoms with Gasteiger partial charge in [0.15, 0.2) is 0 Å². The number of allylic oxidation sites excluding steroid dienone is 3. The average molecular weight is 148 g/mol. The number of rotatable bonds is 1. The van der Waals surface area contributed by atoms with E-state index in [-0.39, 0.29) is 0 Å². The van der Waals surface area contributed by atoms with Gasteiger partial charge >= 0.3 is 0 Å². The standard InChI is InChI=1S/C9H12N2/c1-4-9-6-10-8(3)7-11(9)5-2/h4-7H,2H2,1,3H3/b9-4-. The summed E-state index contributed by atoms with van der Waals surface area (Å²) in [5, 5.41) is 0. The second-order valence-electron chi connectivity index (χ2n) is 2.33. The van der Waals surface area contributed by atoms with Crippen molar-refractivity contribution < 1.29 is 0 Å². The highest BCUT2D eigenvalue weighted by atomic mass is 15.1. The van der Waals surface area contributed by atoms with Crippen molar-refractivity contribution in [3.63, 3.8) is 0 Å². The normalized spacial score (nSPS) is 20.4. The minimum atomic E-state index is 0.996. The molecule has 0 aromatic heterocycles. The lowest BCUT2D eigenvalue weighted by atomic mass is 10.3. The molecule has 0 saturated heterocycles. The lowest BCUT2D eigenvalue weighted by Gasteiger charge is -2.19. The van der Waals surface area contributed by atoms with E-state index in [0.29, 0.717) is 0 Å². The molecule has 0 spiro atoms. The first kappa shape index (κ1) is 7.79. The van der Waals surface area contributed by atoms with Crippen molar-refractivity contribution >= 4 is 6.21 Å². The molecule has 0 amide bonds. The zero-order valence-electron chi connectivity index (χ0n) is 6.91. The van der Waals surface area contributed by atoms with Gasteiger partial charge in [0.25, 0.3) is 0 Å². The quantitative estimate of drug-likeness (QED) is 0.557. The van der Waals surface area contributed by atoms with Gasteiger partial charge in [0.05, 0.1) is 17.6 Å². The van der Waals surface area contributed by atoms with Gasteiger partial charge in [-0.15, -0.1) is 0 Å². The Hall–Kier alpha value is -1.31. The van der Waals surface area contributed by atoms with Gasteiger partial charge in [-0.05, 0) is 13.8 Å². The van der Waals surface area contributed by atoms with Crippen LogP contribution >= 0.6 is 0 Å². The Labute approximate surface area is 67.2 Å². The van der Waals surface area contributed by atoms with Gasteiger partial charge in [-0.1, -0.05) is 12.7 Å². The van der Waals surface area contributed by atoms with Crippen LogP contribution in [0.5, 0.6) is 0 Å². The fourth-order valence-electron chi connectivity index (χ4n) is 0.925. The molecule has 11 heavy (non-hydrogen) atoms. The third kappa shape index (κ3) is 1.58. The molecule has 0 atom stereocenters. The third-order valence-electron chi connectivity index (χ3n) is 1.52. The molecular weight excluding hydrogens is 136 g/mol. The van der Waals surface area contributed by atoms with E-state index in [1.54, 1.807) is 6.20 Å². The molecule has 0 bridgehead atoms. The summed E-state index contributed by atoms with van der Waals surface area (Å²) in [7, 11) is 0. The molecule has 2 nitrogen and oxygen atoms in total. The third-order valence-corrected chi connectivity index (χ3v) is 1.52. The summed E-state index contributed by atoms with van der Waals surface area (Å²) < 4.78 is 0. The Morgan fingerprint density at radius 2 is 2.36 bits per heavy atom. The Bertz CT molecular complexity index is 246. The number of hydrogen-bond donors (Lipinski definition) is 0. The molecule has 0 radical (unpaired) electrons. The van der Waals surface area contributed by atoms with Crippen LogP contribution in [0.3, 0.4) is 0 Å². The van der Waals surface area contributed by atoms with E-state index in [0.717, 1.165) is 11.4 Å². The summed E-state index contributed by atoms with van der Waals surface area (Å²) in [6.45, 7) is 7.63. The molecule has 0 aliphatic carbocycles. The number of nitrogens with zero attached hydrogens (tertiary/aromatic N) is 2. The van der Waals surface area contributed by atoms with Gasteiger partial charge in [-0.25, -0.2) is 0 Å². The Kier molecular flexibility index (Phi) is 2.26. The molecule has 0 unspecified atom stereocenters. The van der Waals surface area contributed by atoms with Gasteiger partial charge in [0.2, 0.25) is 0 Å². The van der Waals surface area contributed by atoms with Gasteiger partial charge in [-0.2, -0.15) is 0 Å². The number of hydrogen-bond acceptors (Lipinski definition) is 2. The van der Waals surface area contributed by atoms with Crippen LogP contribution in [0, 0.1) is 0 Å². The maximum atomic E-state index is 4.16.